The average molecular weight is 226 g/mol. The van der Waals surface area contributed by atoms with Crippen molar-refractivity contribution in [2.75, 3.05) is 13.1 Å². The Morgan fingerprint density at radius 1 is 1.31 bits per heavy atom. The molecule has 1 aliphatic heterocycles. The highest BCUT2D eigenvalue weighted by atomic mass is 15.3. The molecule has 2 heteroatoms. The zero-order valence-electron chi connectivity index (χ0n) is 12.0. The number of nitrogens with one attached hydrogen (secondary N) is 1. The SMILES string of the molecule is CCC1CNC(C)(C)CN1C(CC)C(C)C. The lowest BCUT2D eigenvalue weighted by Gasteiger charge is -2.49. The molecule has 2 unspecified atom stereocenters. The lowest BCUT2D eigenvalue weighted by atomic mass is 9.91. The zero-order valence-corrected chi connectivity index (χ0v) is 12.0. The fourth-order valence-corrected chi connectivity index (χ4v) is 3.01. The molecule has 0 saturated carbocycles. The second-order valence-corrected chi connectivity index (χ2v) is 6.22. The van der Waals surface area contributed by atoms with Gasteiger partial charge in [0.15, 0.2) is 0 Å². The minimum Gasteiger partial charge on any atom is -0.309 e. The Hall–Kier alpha value is -0.0800. The maximum absolute atomic E-state index is 3.67. The molecule has 0 radical (unpaired) electrons. The lowest BCUT2D eigenvalue weighted by molar-refractivity contribution is 0.0313. The smallest absolute Gasteiger partial charge is 0.0253 e. The summed E-state index contributed by atoms with van der Waals surface area (Å²) in [6.07, 6.45) is 2.52. The van der Waals surface area contributed by atoms with Gasteiger partial charge in [0.05, 0.1) is 0 Å². The predicted molar refractivity (Wildman–Crippen MR) is 71.8 cm³/mol. The van der Waals surface area contributed by atoms with E-state index in [0.717, 1.165) is 24.5 Å². The van der Waals surface area contributed by atoms with Crippen LogP contribution in [0.15, 0.2) is 0 Å². The van der Waals surface area contributed by atoms with E-state index in [1.807, 2.05) is 0 Å². The standard InChI is InChI=1S/C14H30N2/c1-7-12-9-15-14(5,6)10-16(12)13(8-2)11(3)4/h11-13,15H,7-10H2,1-6H3. The van der Waals surface area contributed by atoms with Crippen molar-refractivity contribution in [2.45, 2.75) is 72.0 Å². The molecule has 1 N–H and O–H groups in total. The molecule has 2 nitrogen and oxygen atoms in total. The van der Waals surface area contributed by atoms with Crippen molar-refractivity contribution in [3.8, 4) is 0 Å². The van der Waals surface area contributed by atoms with Crippen LogP contribution >= 0.6 is 0 Å². The van der Waals surface area contributed by atoms with Gasteiger partial charge in [-0.15, -0.1) is 0 Å². The van der Waals surface area contributed by atoms with Gasteiger partial charge in [-0.25, -0.2) is 0 Å². The average Bonchev–Trinajstić information content (AvgIpc) is 2.17. The molecule has 1 saturated heterocycles. The monoisotopic (exact) mass is 226 g/mol. The molecule has 1 rings (SSSR count). The van der Waals surface area contributed by atoms with Crippen LogP contribution in [0.25, 0.3) is 0 Å². The zero-order chi connectivity index (χ0) is 12.3. The molecule has 96 valence electrons. The fourth-order valence-electron chi connectivity index (χ4n) is 3.01. The first-order valence-electron chi connectivity index (χ1n) is 6.92. The highest BCUT2D eigenvalue weighted by Crippen LogP contribution is 2.24. The van der Waals surface area contributed by atoms with E-state index in [0.29, 0.717) is 0 Å². The quantitative estimate of drug-likeness (QED) is 0.793. The maximum atomic E-state index is 3.67. The van der Waals surface area contributed by atoms with E-state index in [9.17, 15) is 0 Å². The Morgan fingerprint density at radius 2 is 1.94 bits per heavy atom. The fraction of sp³-hybridized carbons (Fsp3) is 1.00. The topological polar surface area (TPSA) is 15.3 Å². The van der Waals surface area contributed by atoms with Gasteiger partial charge >= 0.3 is 0 Å². The van der Waals surface area contributed by atoms with Crippen molar-refractivity contribution in [2.24, 2.45) is 5.92 Å². The first-order chi connectivity index (χ1) is 7.41. The summed E-state index contributed by atoms with van der Waals surface area (Å²) in [7, 11) is 0. The van der Waals surface area contributed by atoms with E-state index in [-0.39, 0.29) is 5.54 Å². The molecule has 1 aliphatic rings. The summed E-state index contributed by atoms with van der Waals surface area (Å²) in [4.78, 5) is 2.75. The summed E-state index contributed by atoms with van der Waals surface area (Å²) < 4.78 is 0. The van der Waals surface area contributed by atoms with Gasteiger partial charge < -0.3 is 5.32 Å². The Morgan fingerprint density at radius 3 is 2.38 bits per heavy atom. The van der Waals surface area contributed by atoms with Gasteiger partial charge in [-0.05, 0) is 32.6 Å². The minimum absolute atomic E-state index is 0.272. The van der Waals surface area contributed by atoms with Crippen molar-refractivity contribution >= 4 is 0 Å². The van der Waals surface area contributed by atoms with Crippen LogP contribution in [0.4, 0.5) is 0 Å². The number of hydrogen-bond acceptors (Lipinski definition) is 2. The van der Waals surface area contributed by atoms with Gasteiger partial charge in [0.1, 0.15) is 0 Å². The molecular weight excluding hydrogens is 196 g/mol. The molecule has 0 aromatic carbocycles. The molecule has 2 atom stereocenters. The van der Waals surface area contributed by atoms with Crippen LogP contribution in [0.5, 0.6) is 0 Å². The molecule has 0 aromatic rings. The Kier molecular flexibility index (Phi) is 4.81. The van der Waals surface area contributed by atoms with E-state index in [2.05, 4.69) is 51.8 Å². The second kappa shape index (κ2) is 5.50. The van der Waals surface area contributed by atoms with Crippen molar-refractivity contribution in [3.05, 3.63) is 0 Å². The van der Waals surface area contributed by atoms with E-state index in [4.69, 9.17) is 0 Å². The third kappa shape index (κ3) is 3.21. The van der Waals surface area contributed by atoms with Crippen LogP contribution in [0.1, 0.15) is 54.4 Å². The van der Waals surface area contributed by atoms with Gasteiger partial charge in [-0.3, -0.25) is 4.90 Å². The van der Waals surface area contributed by atoms with Crippen molar-refractivity contribution in [1.82, 2.24) is 10.2 Å². The number of hydrogen-bond donors (Lipinski definition) is 1. The highest BCUT2D eigenvalue weighted by molar-refractivity contribution is 4.94. The molecule has 1 fully saturated rings. The Bertz CT molecular complexity index is 211. The van der Waals surface area contributed by atoms with E-state index < -0.39 is 0 Å². The van der Waals surface area contributed by atoms with E-state index >= 15 is 0 Å². The van der Waals surface area contributed by atoms with Gasteiger partial charge in [0.2, 0.25) is 0 Å². The minimum atomic E-state index is 0.272. The van der Waals surface area contributed by atoms with Gasteiger partial charge in [-0.2, -0.15) is 0 Å². The second-order valence-electron chi connectivity index (χ2n) is 6.22. The first kappa shape index (κ1) is 14.0. The molecule has 0 aromatic heterocycles. The normalized spacial score (nSPS) is 28.3. The molecule has 0 spiro atoms. The highest BCUT2D eigenvalue weighted by Gasteiger charge is 2.35. The van der Waals surface area contributed by atoms with Crippen LogP contribution in [-0.2, 0) is 0 Å². The Labute approximate surface area is 102 Å². The van der Waals surface area contributed by atoms with Gasteiger partial charge in [0, 0.05) is 30.7 Å². The molecule has 16 heavy (non-hydrogen) atoms. The van der Waals surface area contributed by atoms with Crippen LogP contribution in [0.3, 0.4) is 0 Å². The van der Waals surface area contributed by atoms with Gasteiger partial charge in [-0.1, -0.05) is 27.7 Å². The third-order valence-electron chi connectivity index (χ3n) is 3.95. The van der Waals surface area contributed by atoms with Crippen LogP contribution in [0.2, 0.25) is 0 Å². The lowest BCUT2D eigenvalue weighted by Crippen LogP contribution is -2.64. The predicted octanol–water partition coefficient (Wildman–Crippen LogP) is 2.88. The number of nitrogens with zero attached hydrogens (tertiary/aromatic N) is 1. The van der Waals surface area contributed by atoms with Crippen LogP contribution in [-0.4, -0.2) is 35.6 Å². The summed E-state index contributed by atoms with van der Waals surface area (Å²) in [6, 6.07) is 1.46. The summed E-state index contributed by atoms with van der Waals surface area (Å²) in [5.74, 6) is 0.757. The number of rotatable bonds is 4. The number of piperazine rings is 1. The summed E-state index contributed by atoms with van der Waals surface area (Å²) in [6.45, 7) is 16.3. The first-order valence-corrected chi connectivity index (χ1v) is 6.92. The van der Waals surface area contributed by atoms with Gasteiger partial charge in [0.25, 0.3) is 0 Å². The molecule has 0 amide bonds. The van der Waals surface area contributed by atoms with E-state index in [1.54, 1.807) is 0 Å². The molecule has 0 aliphatic carbocycles. The van der Waals surface area contributed by atoms with Crippen molar-refractivity contribution in [3.63, 3.8) is 0 Å². The van der Waals surface area contributed by atoms with Crippen molar-refractivity contribution < 1.29 is 0 Å². The summed E-state index contributed by atoms with van der Waals surface area (Å²) in [5, 5.41) is 3.67. The van der Waals surface area contributed by atoms with Crippen LogP contribution < -0.4 is 5.32 Å². The summed E-state index contributed by atoms with van der Waals surface area (Å²) >= 11 is 0. The van der Waals surface area contributed by atoms with E-state index in [1.165, 1.54) is 19.4 Å². The van der Waals surface area contributed by atoms with Crippen LogP contribution in [0, 0.1) is 5.92 Å². The summed E-state index contributed by atoms with van der Waals surface area (Å²) in [5.41, 5.74) is 0.272. The molecule has 0 bridgehead atoms. The molecular formula is C14H30N2. The maximum Gasteiger partial charge on any atom is 0.0253 e. The largest absolute Gasteiger partial charge is 0.309 e. The van der Waals surface area contributed by atoms with Crippen molar-refractivity contribution in [1.29, 1.82) is 0 Å². The Balaban J connectivity index is 2.78. The molecule has 1 heterocycles. The third-order valence-corrected chi connectivity index (χ3v) is 3.95.